The van der Waals surface area contributed by atoms with Crippen molar-refractivity contribution in [1.29, 1.82) is 0 Å². The Morgan fingerprint density at radius 3 is 2.19 bits per heavy atom. The molecule has 2 rings (SSSR count). The molecule has 8 heteroatoms. The summed E-state index contributed by atoms with van der Waals surface area (Å²) in [4.78, 5) is 14.2. The first-order valence-electron chi connectivity index (χ1n) is 10.8. The van der Waals surface area contributed by atoms with Crippen LogP contribution < -0.4 is 19.5 Å². The van der Waals surface area contributed by atoms with E-state index in [1.807, 2.05) is 6.07 Å². The van der Waals surface area contributed by atoms with Crippen molar-refractivity contribution >= 4 is 25.6 Å². The normalized spacial score (nSPS) is 12.9. The van der Waals surface area contributed by atoms with Crippen molar-refractivity contribution < 1.29 is 23.4 Å². The molecule has 0 spiro atoms. The fourth-order valence-corrected chi connectivity index (χ4v) is 5.00. The average molecular weight is 480 g/mol. The van der Waals surface area contributed by atoms with Gasteiger partial charge in [-0.1, -0.05) is 26.8 Å². The van der Waals surface area contributed by atoms with Crippen LogP contribution in [0.15, 0.2) is 29.6 Å². The number of hydrogen-bond acceptors (Lipinski definition) is 6. The Balaban J connectivity index is 2.09. The van der Waals surface area contributed by atoms with Crippen molar-refractivity contribution in [2.75, 3.05) is 34.5 Å². The predicted octanol–water partition coefficient (Wildman–Crippen LogP) is 5.70. The number of nitrogens with one attached hydrogen (secondary N) is 1. The van der Waals surface area contributed by atoms with Crippen LogP contribution in [0.3, 0.4) is 0 Å². The molecule has 1 aromatic carbocycles. The number of ether oxygens (including phenoxy) is 3. The average Bonchev–Trinajstić information content (AvgIpc) is 3.28. The molecule has 0 fully saturated rings. The first-order valence-corrected chi connectivity index (χ1v) is 14.6. The van der Waals surface area contributed by atoms with E-state index in [1.165, 1.54) is 26.2 Å². The van der Waals surface area contributed by atoms with Crippen molar-refractivity contribution in [3.63, 3.8) is 0 Å². The summed E-state index contributed by atoms with van der Waals surface area (Å²) < 4.78 is 22.5. The highest BCUT2D eigenvalue weighted by molar-refractivity contribution is 7.10. The summed E-state index contributed by atoms with van der Waals surface area (Å²) in [5.74, 6) is 1.37. The lowest BCUT2D eigenvalue weighted by Gasteiger charge is -2.36. The number of benzene rings is 1. The van der Waals surface area contributed by atoms with E-state index in [0.717, 1.165) is 6.42 Å². The van der Waals surface area contributed by atoms with Gasteiger partial charge >= 0.3 is 0 Å². The Kier molecular flexibility index (Phi) is 9.18. The van der Waals surface area contributed by atoms with Gasteiger partial charge in [-0.3, -0.25) is 4.79 Å². The maximum absolute atomic E-state index is 12.9. The van der Waals surface area contributed by atoms with Crippen molar-refractivity contribution in [3.8, 4) is 17.2 Å². The zero-order valence-electron chi connectivity index (χ0n) is 20.5. The van der Waals surface area contributed by atoms with Gasteiger partial charge in [-0.15, -0.1) is 11.3 Å². The van der Waals surface area contributed by atoms with Gasteiger partial charge < -0.3 is 24.0 Å². The number of methoxy groups -OCH3 is 3. The summed E-state index contributed by atoms with van der Waals surface area (Å²) in [5, 5.41) is 5.32. The molecule has 1 heterocycles. The summed E-state index contributed by atoms with van der Waals surface area (Å²) in [6, 6.07) is 7.49. The molecule has 0 aliphatic rings. The van der Waals surface area contributed by atoms with Crippen LogP contribution in [0.1, 0.15) is 48.3 Å². The van der Waals surface area contributed by atoms with Crippen molar-refractivity contribution in [3.05, 3.63) is 40.1 Å². The summed E-state index contributed by atoms with van der Waals surface area (Å²) in [5.41, 5.74) is 0.460. The van der Waals surface area contributed by atoms with Crippen molar-refractivity contribution in [2.45, 2.75) is 51.2 Å². The Morgan fingerprint density at radius 1 is 1.09 bits per heavy atom. The van der Waals surface area contributed by atoms with E-state index < -0.39 is 8.32 Å². The van der Waals surface area contributed by atoms with Gasteiger partial charge in [0.05, 0.1) is 21.3 Å². The standard InChI is InChI=1S/C24H37NO5SSi/c1-24(2,3)32(7,8)30-12-11-17(21-10-9-13-31-21)16-25-23(26)18-14-19(27-4)22(29-6)20(15-18)28-5/h9-10,13-15,17H,11-12,16H2,1-8H3,(H,25,26). The molecule has 178 valence electrons. The Bertz CT molecular complexity index is 852. The number of carbonyl (C=O) groups is 1. The highest BCUT2D eigenvalue weighted by Crippen LogP contribution is 2.39. The fraction of sp³-hybridized carbons (Fsp3) is 0.542. The van der Waals surface area contributed by atoms with Gasteiger partial charge in [-0.25, -0.2) is 0 Å². The molecule has 1 atom stereocenters. The van der Waals surface area contributed by atoms with Gasteiger partial charge in [0.25, 0.3) is 5.91 Å². The second-order valence-corrected chi connectivity index (χ2v) is 15.0. The molecule has 1 aromatic heterocycles. The highest BCUT2D eigenvalue weighted by Gasteiger charge is 2.37. The molecule has 0 bridgehead atoms. The molecule has 1 unspecified atom stereocenters. The van der Waals surface area contributed by atoms with E-state index in [2.05, 4.69) is 50.6 Å². The molecule has 0 saturated heterocycles. The smallest absolute Gasteiger partial charge is 0.251 e. The molecule has 0 saturated carbocycles. The summed E-state index contributed by atoms with van der Waals surface area (Å²) in [7, 11) is 2.80. The maximum atomic E-state index is 12.9. The maximum Gasteiger partial charge on any atom is 0.251 e. The lowest BCUT2D eigenvalue weighted by molar-refractivity contribution is 0.0948. The number of amides is 1. The molecule has 32 heavy (non-hydrogen) atoms. The second kappa shape index (κ2) is 11.2. The largest absolute Gasteiger partial charge is 0.493 e. The van der Waals surface area contributed by atoms with Crippen LogP contribution in [0.25, 0.3) is 0 Å². The molecule has 1 N–H and O–H groups in total. The van der Waals surface area contributed by atoms with E-state index in [1.54, 1.807) is 23.5 Å². The van der Waals surface area contributed by atoms with E-state index >= 15 is 0 Å². The Hall–Kier alpha value is -2.03. The quantitative estimate of drug-likeness (QED) is 0.419. The summed E-state index contributed by atoms with van der Waals surface area (Å²) >= 11 is 1.71. The van der Waals surface area contributed by atoms with Crippen molar-refractivity contribution in [2.24, 2.45) is 0 Å². The van der Waals surface area contributed by atoms with Crippen LogP contribution >= 0.6 is 11.3 Å². The topological polar surface area (TPSA) is 66.0 Å². The minimum absolute atomic E-state index is 0.173. The van der Waals surface area contributed by atoms with Crippen LogP contribution in [0, 0.1) is 0 Å². The third-order valence-electron chi connectivity index (χ3n) is 6.12. The van der Waals surface area contributed by atoms with Crippen LogP contribution in [0.4, 0.5) is 0 Å². The van der Waals surface area contributed by atoms with Crippen LogP contribution in [-0.4, -0.2) is 48.7 Å². The van der Waals surface area contributed by atoms with Crippen LogP contribution in [-0.2, 0) is 4.43 Å². The second-order valence-electron chi connectivity index (χ2n) is 9.23. The third-order valence-corrected chi connectivity index (χ3v) is 11.7. The van der Waals surface area contributed by atoms with E-state index in [0.29, 0.717) is 36.0 Å². The molecule has 0 aliphatic carbocycles. The number of rotatable bonds is 11. The number of carbonyl (C=O) groups excluding carboxylic acids is 1. The van der Waals surface area contributed by atoms with Crippen LogP contribution in [0.5, 0.6) is 17.2 Å². The SMILES string of the molecule is COc1cc(C(=O)NCC(CCO[Si](C)(C)C(C)(C)C)c2cccs2)cc(OC)c1OC. The molecule has 0 aliphatic heterocycles. The first kappa shape index (κ1) is 26.2. The molecule has 0 radical (unpaired) electrons. The lowest BCUT2D eigenvalue weighted by atomic mass is 10.0. The van der Waals surface area contributed by atoms with E-state index in [-0.39, 0.29) is 16.9 Å². The highest BCUT2D eigenvalue weighted by atomic mass is 32.1. The van der Waals surface area contributed by atoms with Gasteiger partial charge in [-0.2, -0.15) is 0 Å². The third kappa shape index (κ3) is 6.49. The molecule has 6 nitrogen and oxygen atoms in total. The molecule has 1 amide bonds. The van der Waals surface area contributed by atoms with Gasteiger partial charge in [0.15, 0.2) is 19.8 Å². The van der Waals surface area contributed by atoms with Gasteiger partial charge in [0.2, 0.25) is 5.75 Å². The van der Waals surface area contributed by atoms with Crippen LogP contribution in [0.2, 0.25) is 18.1 Å². The van der Waals surface area contributed by atoms with E-state index in [9.17, 15) is 4.79 Å². The monoisotopic (exact) mass is 479 g/mol. The van der Waals surface area contributed by atoms with Gasteiger partial charge in [0.1, 0.15) is 0 Å². The minimum Gasteiger partial charge on any atom is -0.493 e. The van der Waals surface area contributed by atoms with Gasteiger partial charge in [0, 0.05) is 29.5 Å². The molecule has 2 aromatic rings. The fourth-order valence-electron chi connectivity index (χ4n) is 3.07. The molecular weight excluding hydrogens is 442 g/mol. The zero-order chi connectivity index (χ0) is 23.9. The van der Waals surface area contributed by atoms with Crippen molar-refractivity contribution in [1.82, 2.24) is 5.32 Å². The number of thiophene rings is 1. The molecular formula is C24H37NO5SSi. The summed E-state index contributed by atoms with van der Waals surface area (Å²) in [6.07, 6.45) is 0.850. The zero-order valence-corrected chi connectivity index (χ0v) is 22.4. The minimum atomic E-state index is -1.81. The first-order chi connectivity index (χ1) is 15.0. The predicted molar refractivity (Wildman–Crippen MR) is 133 cm³/mol. The Morgan fingerprint density at radius 2 is 1.72 bits per heavy atom. The number of hydrogen-bond donors (Lipinski definition) is 1. The lowest BCUT2D eigenvalue weighted by Crippen LogP contribution is -2.41. The van der Waals surface area contributed by atoms with E-state index in [4.69, 9.17) is 18.6 Å². The summed E-state index contributed by atoms with van der Waals surface area (Å²) in [6.45, 7) is 12.5. The van der Waals surface area contributed by atoms with Gasteiger partial charge in [-0.05, 0) is 48.1 Å². The Labute approximate surface area is 197 Å².